The lowest BCUT2D eigenvalue weighted by Crippen LogP contribution is -2.35. The van der Waals surface area contributed by atoms with E-state index in [1.807, 2.05) is 13.8 Å². The number of anilines is 1. The number of nitrogens with zero attached hydrogens (tertiary/aromatic N) is 1. The number of piperidine rings is 1. The third-order valence-electron chi connectivity index (χ3n) is 4.87. The second-order valence-electron chi connectivity index (χ2n) is 6.75. The van der Waals surface area contributed by atoms with Gasteiger partial charge >= 0.3 is 0 Å². The largest absolute Gasteiger partial charge is 0.326 e. The predicted molar refractivity (Wildman–Crippen MR) is 89.7 cm³/mol. The van der Waals surface area contributed by atoms with Crippen LogP contribution in [0.3, 0.4) is 0 Å². The van der Waals surface area contributed by atoms with Crippen molar-refractivity contribution in [1.29, 1.82) is 0 Å². The minimum atomic E-state index is -3.47. The van der Waals surface area contributed by atoms with Gasteiger partial charge in [-0.3, -0.25) is 4.79 Å². The number of amides is 1. The number of sulfonamides is 1. The van der Waals surface area contributed by atoms with Gasteiger partial charge in [-0.05, 0) is 49.8 Å². The fraction of sp³-hybridized carbons (Fsp3) is 0.588. The molecule has 1 aliphatic heterocycles. The average Bonchev–Trinajstić information content (AvgIpc) is 3.27. The first kappa shape index (κ1) is 16.5. The van der Waals surface area contributed by atoms with Gasteiger partial charge in [-0.1, -0.05) is 19.4 Å². The SMILES string of the molecule is Cc1ccc(S(=O)(=O)N2CCCCC2)cc1NC(=O)[C@@H]1C[C@H]1C. The molecule has 1 amide bonds. The highest BCUT2D eigenvalue weighted by atomic mass is 32.2. The molecule has 1 aromatic carbocycles. The number of aryl methyl sites for hydroxylation is 1. The summed E-state index contributed by atoms with van der Waals surface area (Å²) in [6.45, 7) is 5.09. The standard InChI is InChI=1S/C17H24N2O3S/c1-12-6-7-14(23(21,22)19-8-4-3-5-9-19)11-16(12)18-17(20)15-10-13(15)2/h6-7,11,13,15H,3-5,8-10H2,1-2H3,(H,18,20)/t13-,15-/m1/s1. The Labute approximate surface area is 138 Å². The number of benzene rings is 1. The van der Waals surface area contributed by atoms with E-state index in [1.54, 1.807) is 22.5 Å². The summed E-state index contributed by atoms with van der Waals surface area (Å²) in [6, 6.07) is 5.00. The number of hydrogen-bond donors (Lipinski definition) is 1. The van der Waals surface area contributed by atoms with Crippen molar-refractivity contribution in [2.45, 2.75) is 44.4 Å². The van der Waals surface area contributed by atoms with Gasteiger partial charge in [0.1, 0.15) is 0 Å². The molecule has 1 aliphatic carbocycles. The summed E-state index contributed by atoms with van der Waals surface area (Å²) < 4.78 is 27.0. The highest BCUT2D eigenvalue weighted by Crippen LogP contribution is 2.38. The summed E-state index contributed by atoms with van der Waals surface area (Å²) >= 11 is 0. The Morgan fingerprint density at radius 2 is 1.87 bits per heavy atom. The van der Waals surface area contributed by atoms with Gasteiger partial charge < -0.3 is 5.32 Å². The van der Waals surface area contributed by atoms with Crippen LogP contribution in [-0.4, -0.2) is 31.7 Å². The molecule has 1 saturated carbocycles. The molecular formula is C17H24N2O3S. The third kappa shape index (κ3) is 3.43. The van der Waals surface area contributed by atoms with Crippen LogP contribution in [0.15, 0.2) is 23.1 Å². The summed E-state index contributed by atoms with van der Waals surface area (Å²) in [5.41, 5.74) is 1.48. The molecule has 1 saturated heterocycles. The lowest BCUT2D eigenvalue weighted by Gasteiger charge is -2.26. The van der Waals surface area contributed by atoms with Crippen molar-refractivity contribution in [3.05, 3.63) is 23.8 Å². The quantitative estimate of drug-likeness (QED) is 0.919. The Balaban J connectivity index is 1.83. The van der Waals surface area contributed by atoms with Gasteiger partial charge in [0.05, 0.1) is 4.90 Å². The van der Waals surface area contributed by atoms with E-state index in [0.29, 0.717) is 24.7 Å². The van der Waals surface area contributed by atoms with Gasteiger partial charge in [0.25, 0.3) is 0 Å². The maximum Gasteiger partial charge on any atom is 0.243 e. The predicted octanol–water partition coefficient (Wildman–Crippen LogP) is 2.76. The molecule has 0 spiro atoms. The highest BCUT2D eigenvalue weighted by Gasteiger charge is 2.39. The average molecular weight is 336 g/mol. The molecule has 3 rings (SSSR count). The van der Waals surface area contributed by atoms with Crippen LogP contribution in [0.2, 0.25) is 0 Å². The zero-order valence-electron chi connectivity index (χ0n) is 13.7. The van der Waals surface area contributed by atoms with Crippen LogP contribution in [0, 0.1) is 18.8 Å². The Morgan fingerprint density at radius 1 is 1.22 bits per heavy atom. The lowest BCUT2D eigenvalue weighted by molar-refractivity contribution is -0.117. The van der Waals surface area contributed by atoms with Crippen LogP contribution in [-0.2, 0) is 14.8 Å². The number of carbonyl (C=O) groups excluding carboxylic acids is 1. The van der Waals surface area contributed by atoms with E-state index < -0.39 is 10.0 Å². The Morgan fingerprint density at radius 3 is 2.48 bits per heavy atom. The molecule has 0 aromatic heterocycles. The molecule has 0 bridgehead atoms. The van der Waals surface area contributed by atoms with Crippen molar-refractivity contribution in [2.75, 3.05) is 18.4 Å². The van der Waals surface area contributed by atoms with Crippen LogP contribution in [0.5, 0.6) is 0 Å². The van der Waals surface area contributed by atoms with E-state index >= 15 is 0 Å². The van der Waals surface area contributed by atoms with Crippen LogP contribution in [0.1, 0.15) is 38.2 Å². The molecular weight excluding hydrogens is 312 g/mol. The van der Waals surface area contributed by atoms with Crippen molar-refractivity contribution in [1.82, 2.24) is 4.31 Å². The van der Waals surface area contributed by atoms with Gasteiger partial charge in [0, 0.05) is 24.7 Å². The molecule has 0 radical (unpaired) electrons. The van der Waals surface area contributed by atoms with E-state index in [9.17, 15) is 13.2 Å². The van der Waals surface area contributed by atoms with Crippen LogP contribution in [0.4, 0.5) is 5.69 Å². The van der Waals surface area contributed by atoms with Crippen molar-refractivity contribution in [3.8, 4) is 0 Å². The highest BCUT2D eigenvalue weighted by molar-refractivity contribution is 7.89. The number of rotatable bonds is 4. The van der Waals surface area contributed by atoms with Crippen LogP contribution >= 0.6 is 0 Å². The first-order chi connectivity index (χ1) is 10.9. The molecule has 5 nitrogen and oxygen atoms in total. The Kier molecular flexibility index (Phi) is 4.47. The Bertz CT molecular complexity index is 709. The third-order valence-corrected chi connectivity index (χ3v) is 6.76. The maximum absolute atomic E-state index is 12.7. The normalized spacial score (nSPS) is 25.1. The van der Waals surface area contributed by atoms with E-state index in [4.69, 9.17) is 0 Å². The topological polar surface area (TPSA) is 66.5 Å². The van der Waals surface area contributed by atoms with Gasteiger partial charge in [-0.2, -0.15) is 4.31 Å². The molecule has 2 atom stereocenters. The molecule has 1 aromatic rings. The van der Waals surface area contributed by atoms with Crippen molar-refractivity contribution in [2.24, 2.45) is 11.8 Å². The number of carbonyl (C=O) groups is 1. The second-order valence-corrected chi connectivity index (χ2v) is 8.69. The first-order valence-electron chi connectivity index (χ1n) is 8.31. The summed E-state index contributed by atoms with van der Waals surface area (Å²) in [4.78, 5) is 12.4. The zero-order valence-corrected chi connectivity index (χ0v) is 14.5. The van der Waals surface area contributed by atoms with E-state index in [2.05, 4.69) is 5.32 Å². The fourth-order valence-corrected chi connectivity index (χ4v) is 4.61. The second kappa shape index (κ2) is 6.24. The molecule has 0 unspecified atom stereocenters. The smallest absolute Gasteiger partial charge is 0.243 e. The molecule has 6 heteroatoms. The monoisotopic (exact) mass is 336 g/mol. The fourth-order valence-electron chi connectivity index (χ4n) is 3.06. The lowest BCUT2D eigenvalue weighted by atomic mass is 10.2. The number of nitrogens with one attached hydrogen (secondary N) is 1. The molecule has 1 heterocycles. The van der Waals surface area contributed by atoms with Gasteiger partial charge in [0.2, 0.25) is 15.9 Å². The minimum absolute atomic E-state index is 0.00637. The summed E-state index contributed by atoms with van der Waals surface area (Å²) in [7, 11) is -3.47. The van der Waals surface area contributed by atoms with Crippen LogP contribution < -0.4 is 5.32 Å². The maximum atomic E-state index is 12.7. The Hall–Kier alpha value is -1.40. The molecule has 1 N–H and O–H groups in total. The first-order valence-corrected chi connectivity index (χ1v) is 9.75. The van der Waals surface area contributed by atoms with E-state index in [-0.39, 0.29) is 16.7 Å². The zero-order chi connectivity index (χ0) is 16.6. The van der Waals surface area contributed by atoms with Gasteiger partial charge in [0.15, 0.2) is 0 Å². The van der Waals surface area contributed by atoms with Crippen molar-refractivity contribution >= 4 is 21.6 Å². The van der Waals surface area contributed by atoms with Crippen LogP contribution in [0.25, 0.3) is 0 Å². The van der Waals surface area contributed by atoms with Crippen molar-refractivity contribution < 1.29 is 13.2 Å². The van der Waals surface area contributed by atoms with E-state index in [0.717, 1.165) is 31.2 Å². The van der Waals surface area contributed by atoms with Gasteiger partial charge in [-0.15, -0.1) is 0 Å². The summed E-state index contributed by atoms with van der Waals surface area (Å²) in [6.07, 6.45) is 3.82. The molecule has 126 valence electrons. The molecule has 2 aliphatic rings. The number of hydrogen-bond acceptors (Lipinski definition) is 3. The van der Waals surface area contributed by atoms with E-state index in [1.165, 1.54) is 0 Å². The summed E-state index contributed by atoms with van der Waals surface area (Å²) in [5, 5.41) is 2.90. The molecule has 23 heavy (non-hydrogen) atoms. The van der Waals surface area contributed by atoms with Gasteiger partial charge in [-0.25, -0.2) is 8.42 Å². The summed E-state index contributed by atoms with van der Waals surface area (Å²) in [5.74, 6) is 0.487. The van der Waals surface area contributed by atoms with Crippen molar-refractivity contribution in [3.63, 3.8) is 0 Å². The molecule has 2 fully saturated rings. The minimum Gasteiger partial charge on any atom is -0.326 e.